The standard InChI is InChI=1S/C23H37N3O2/c1-2-9-21(25-22(27)12-7-4-8-15-24)23(28)26-16-13-20(14-17-26)18-19-10-5-3-6-11-19/h3,5-6,10-11,20-21H,2,4,7-9,12-18,24H2,1H3,(H,25,27)/p+1/t21-/m1/s1. The number of piperidine rings is 1. The Hall–Kier alpha value is -1.88. The van der Waals surface area contributed by atoms with E-state index in [1.54, 1.807) is 0 Å². The van der Waals surface area contributed by atoms with E-state index in [4.69, 9.17) is 0 Å². The average Bonchev–Trinajstić information content (AvgIpc) is 2.72. The van der Waals surface area contributed by atoms with Gasteiger partial charge in [-0.2, -0.15) is 0 Å². The Morgan fingerprint density at radius 2 is 1.86 bits per heavy atom. The predicted octanol–water partition coefficient (Wildman–Crippen LogP) is 2.55. The average molecular weight is 389 g/mol. The van der Waals surface area contributed by atoms with Crippen LogP contribution < -0.4 is 11.1 Å². The van der Waals surface area contributed by atoms with Crippen molar-refractivity contribution in [2.75, 3.05) is 19.6 Å². The molecule has 4 N–H and O–H groups in total. The fraction of sp³-hybridized carbons (Fsp3) is 0.652. The monoisotopic (exact) mass is 388 g/mol. The number of hydrogen-bond donors (Lipinski definition) is 2. The normalized spacial score (nSPS) is 16.0. The number of amides is 2. The van der Waals surface area contributed by atoms with Gasteiger partial charge in [0.1, 0.15) is 6.04 Å². The minimum absolute atomic E-state index is 0.00910. The van der Waals surface area contributed by atoms with Crippen molar-refractivity contribution in [3.8, 4) is 0 Å². The third-order valence-electron chi connectivity index (χ3n) is 5.66. The number of carbonyl (C=O) groups excluding carboxylic acids is 2. The highest BCUT2D eigenvalue weighted by Gasteiger charge is 2.28. The predicted molar refractivity (Wildman–Crippen MR) is 113 cm³/mol. The number of unbranched alkanes of at least 4 members (excludes halogenated alkanes) is 2. The van der Waals surface area contributed by atoms with Gasteiger partial charge in [-0.05, 0) is 56.4 Å². The molecule has 1 aromatic rings. The van der Waals surface area contributed by atoms with Gasteiger partial charge >= 0.3 is 0 Å². The highest BCUT2D eigenvalue weighted by molar-refractivity contribution is 5.87. The summed E-state index contributed by atoms with van der Waals surface area (Å²) in [5, 5.41) is 3.00. The summed E-state index contributed by atoms with van der Waals surface area (Å²) in [6.45, 7) is 4.58. The van der Waals surface area contributed by atoms with E-state index in [9.17, 15) is 9.59 Å². The zero-order valence-corrected chi connectivity index (χ0v) is 17.5. The second-order valence-electron chi connectivity index (χ2n) is 8.03. The van der Waals surface area contributed by atoms with Gasteiger partial charge in [0.25, 0.3) is 0 Å². The first-order valence-corrected chi connectivity index (χ1v) is 11.0. The summed E-state index contributed by atoms with van der Waals surface area (Å²) in [4.78, 5) is 27.2. The molecule has 0 spiro atoms. The summed E-state index contributed by atoms with van der Waals surface area (Å²) >= 11 is 0. The van der Waals surface area contributed by atoms with Crippen molar-refractivity contribution >= 4 is 11.8 Å². The van der Waals surface area contributed by atoms with Crippen molar-refractivity contribution in [2.24, 2.45) is 5.92 Å². The van der Waals surface area contributed by atoms with Crippen LogP contribution in [0.2, 0.25) is 0 Å². The molecule has 0 unspecified atom stereocenters. The quantitative estimate of drug-likeness (QED) is 0.572. The molecule has 0 aliphatic carbocycles. The van der Waals surface area contributed by atoms with Gasteiger partial charge in [-0.3, -0.25) is 9.59 Å². The number of carbonyl (C=O) groups is 2. The van der Waals surface area contributed by atoms with Gasteiger partial charge in [0, 0.05) is 19.5 Å². The highest BCUT2D eigenvalue weighted by atomic mass is 16.2. The number of nitrogens with one attached hydrogen (secondary N) is 1. The summed E-state index contributed by atoms with van der Waals surface area (Å²) in [6, 6.07) is 10.2. The fourth-order valence-corrected chi connectivity index (χ4v) is 3.98. The van der Waals surface area contributed by atoms with Crippen LogP contribution in [0.15, 0.2) is 30.3 Å². The van der Waals surface area contributed by atoms with Crippen LogP contribution in [0.3, 0.4) is 0 Å². The van der Waals surface area contributed by atoms with Gasteiger partial charge in [0.05, 0.1) is 6.54 Å². The SMILES string of the molecule is CCC[C@@H](NC(=O)CCCCC[NH3+])C(=O)N1CCC(Cc2ccccc2)CC1. The van der Waals surface area contributed by atoms with Crippen molar-refractivity contribution < 1.29 is 15.3 Å². The summed E-state index contributed by atoms with van der Waals surface area (Å²) in [5.74, 6) is 0.750. The first-order valence-electron chi connectivity index (χ1n) is 11.0. The minimum atomic E-state index is -0.365. The van der Waals surface area contributed by atoms with Crippen molar-refractivity contribution in [1.29, 1.82) is 0 Å². The maximum atomic E-state index is 13.0. The molecule has 5 heteroatoms. The molecule has 0 saturated carbocycles. The summed E-state index contributed by atoms with van der Waals surface area (Å²) < 4.78 is 0. The lowest BCUT2D eigenvalue weighted by atomic mass is 9.90. The Morgan fingerprint density at radius 3 is 2.50 bits per heavy atom. The first-order chi connectivity index (χ1) is 13.6. The number of likely N-dealkylation sites (tertiary alicyclic amines) is 1. The number of nitrogens with zero attached hydrogens (tertiary/aromatic N) is 1. The largest absolute Gasteiger partial charge is 0.358 e. The highest BCUT2D eigenvalue weighted by Crippen LogP contribution is 2.22. The van der Waals surface area contributed by atoms with E-state index in [0.717, 1.165) is 64.6 Å². The van der Waals surface area contributed by atoms with Crippen molar-refractivity contribution in [3.63, 3.8) is 0 Å². The second kappa shape index (κ2) is 12.6. The molecule has 1 aliphatic heterocycles. The molecule has 1 aliphatic rings. The molecular weight excluding hydrogens is 350 g/mol. The molecule has 1 atom stereocenters. The van der Waals surface area contributed by atoms with E-state index in [1.807, 2.05) is 11.0 Å². The number of hydrogen-bond acceptors (Lipinski definition) is 2. The molecule has 1 fully saturated rings. The molecule has 2 amide bonds. The molecular formula is C23H38N3O2+. The van der Waals surface area contributed by atoms with E-state index >= 15 is 0 Å². The Labute approximate surface area is 170 Å². The van der Waals surface area contributed by atoms with Gasteiger partial charge < -0.3 is 16.0 Å². The zero-order valence-electron chi connectivity index (χ0n) is 17.5. The number of benzene rings is 1. The smallest absolute Gasteiger partial charge is 0.245 e. The van der Waals surface area contributed by atoms with Crippen molar-refractivity contribution in [3.05, 3.63) is 35.9 Å². The van der Waals surface area contributed by atoms with E-state index in [2.05, 4.69) is 42.2 Å². The molecule has 0 aromatic heterocycles. The molecule has 2 rings (SSSR count). The van der Waals surface area contributed by atoms with Crippen LogP contribution in [0.1, 0.15) is 63.9 Å². The number of quaternary nitrogens is 1. The van der Waals surface area contributed by atoms with E-state index < -0.39 is 0 Å². The topological polar surface area (TPSA) is 77.0 Å². The summed E-state index contributed by atoms with van der Waals surface area (Å²) in [5.41, 5.74) is 5.20. The third kappa shape index (κ3) is 7.63. The van der Waals surface area contributed by atoms with E-state index in [0.29, 0.717) is 18.8 Å². The Balaban J connectivity index is 1.78. The maximum absolute atomic E-state index is 13.0. The lowest BCUT2D eigenvalue weighted by Crippen LogP contribution is -2.51. The van der Waals surface area contributed by atoms with Crippen LogP contribution in [0.25, 0.3) is 0 Å². The molecule has 1 aromatic carbocycles. The van der Waals surface area contributed by atoms with Gasteiger partial charge in [-0.1, -0.05) is 43.7 Å². The van der Waals surface area contributed by atoms with Gasteiger partial charge in [0.2, 0.25) is 11.8 Å². The molecule has 0 bridgehead atoms. The van der Waals surface area contributed by atoms with Crippen LogP contribution in [-0.2, 0) is 16.0 Å². The van der Waals surface area contributed by atoms with Crippen molar-refractivity contribution in [2.45, 2.75) is 70.8 Å². The van der Waals surface area contributed by atoms with Crippen LogP contribution in [0.5, 0.6) is 0 Å². The minimum Gasteiger partial charge on any atom is -0.358 e. The van der Waals surface area contributed by atoms with Crippen LogP contribution >= 0.6 is 0 Å². The van der Waals surface area contributed by atoms with E-state index in [-0.39, 0.29) is 17.9 Å². The first kappa shape index (κ1) is 22.4. The molecule has 5 nitrogen and oxygen atoms in total. The zero-order chi connectivity index (χ0) is 20.2. The van der Waals surface area contributed by atoms with Gasteiger partial charge in [-0.15, -0.1) is 0 Å². The third-order valence-corrected chi connectivity index (χ3v) is 5.66. The lowest BCUT2D eigenvalue weighted by Gasteiger charge is -2.34. The second-order valence-corrected chi connectivity index (χ2v) is 8.03. The van der Waals surface area contributed by atoms with Gasteiger partial charge in [0.15, 0.2) is 0 Å². The lowest BCUT2D eigenvalue weighted by molar-refractivity contribution is -0.368. The number of rotatable bonds is 11. The van der Waals surface area contributed by atoms with Crippen LogP contribution in [0.4, 0.5) is 0 Å². The molecule has 1 heterocycles. The van der Waals surface area contributed by atoms with Gasteiger partial charge in [-0.25, -0.2) is 0 Å². The van der Waals surface area contributed by atoms with Crippen LogP contribution in [-0.4, -0.2) is 42.4 Å². The summed E-state index contributed by atoms with van der Waals surface area (Å²) in [7, 11) is 0. The Morgan fingerprint density at radius 1 is 1.14 bits per heavy atom. The molecule has 0 radical (unpaired) electrons. The van der Waals surface area contributed by atoms with Crippen molar-refractivity contribution in [1.82, 2.24) is 10.2 Å². The molecule has 28 heavy (non-hydrogen) atoms. The maximum Gasteiger partial charge on any atom is 0.245 e. The Bertz CT molecular complexity index is 583. The molecule has 156 valence electrons. The molecule has 1 saturated heterocycles. The van der Waals surface area contributed by atoms with Crippen LogP contribution in [0, 0.1) is 5.92 Å². The summed E-state index contributed by atoms with van der Waals surface area (Å²) in [6.07, 6.45) is 8.24. The fourth-order valence-electron chi connectivity index (χ4n) is 3.98. The van der Waals surface area contributed by atoms with E-state index in [1.165, 1.54) is 5.56 Å². The Kier molecular flexibility index (Phi) is 10.0.